The molecule has 2 bridgehead atoms. The highest BCUT2D eigenvalue weighted by molar-refractivity contribution is 5.83. The van der Waals surface area contributed by atoms with Crippen molar-refractivity contribution in [3.63, 3.8) is 0 Å². The molecule has 3 N–H and O–H groups in total. The first-order valence-electron chi connectivity index (χ1n) is 11.1. The number of amides is 2. The fourth-order valence-corrected chi connectivity index (χ4v) is 4.19. The van der Waals surface area contributed by atoms with Crippen molar-refractivity contribution in [2.24, 2.45) is 5.92 Å². The Morgan fingerprint density at radius 3 is 2.52 bits per heavy atom. The van der Waals surface area contributed by atoms with E-state index < -0.39 is 5.97 Å². The van der Waals surface area contributed by atoms with Crippen molar-refractivity contribution in [1.82, 2.24) is 10.6 Å². The van der Waals surface area contributed by atoms with Gasteiger partial charge in [0.05, 0.1) is 18.2 Å². The van der Waals surface area contributed by atoms with Gasteiger partial charge in [-0.05, 0) is 38.5 Å². The summed E-state index contributed by atoms with van der Waals surface area (Å²) < 4.78 is 6.00. The van der Waals surface area contributed by atoms with Gasteiger partial charge >= 0.3 is 5.97 Å². The fourth-order valence-electron chi connectivity index (χ4n) is 4.19. The van der Waals surface area contributed by atoms with Crippen molar-refractivity contribution >= 4 is 17.8 Å². The van der Waals surface area contributed by atoms with E-state index in [0.29, 0.717) is 13.0 Å². The van der Waals surface area contributed by atoms with Crippen LogP contribution in [0.2, 0.25) is 0 Å². The fraction of sp³-hybridized carbons (Fsp3) is 0.773. The number of ether oxygens (including phenoxy) is 1. The van der Waals surface area contributed by atoms with Crippen LogP contribution in [-0.4, -0.2) is 47.7 Å². The molecule has 2 saturated heterocycles. The monoisotopic (exact) mass is 408 g/mol. The van der Waals surface area contributed by atoms with Crippen molar-refractivity contribution in [2.45, 2.75) is 95.8 Å². The van der Waals surface area contributed by atoms with Crippen LogP contribution in [0.25, 0.3) is 0 Å². The molecule has 7 heteroatoms. The Hall–Kier alpha value is -1.89. The van der Waals surface area contributed by atoms with Gasteiger partial charge in [0, 0.05) is 31.7 Å². The maximum atomic E-state index is 12.4. The van der Waals surface area contributed by atoms with Gasteiger partial charge in [-0.3, -0.25) is 14.4 Å². The standard InChI is InChI=1S/C22H36N2O5/c1-2-3-8-15-23-19(25)13-14-20(26)24-22-16(17-11-12-18(22)29-17)9-6-4-5-7-10-21(27)28/h4,6,16-18,22H,2-3,5,7-15H2,1H3,(H,23,25)(H,24,26)(H,27,28)/b6-4+. The van der Waals surface area contributed by atoms with Crippen LogP contribution in [0.5, 0.6) is 0 Å². The predicted octanol–water partition coefficient (Wildman–Crippen LogP) is 2.94. The average molecular weight is 409 g/mol. The van der Waals surface area contributed by atoms with E-state index in [0.717, 1.165) is 44.9 Å². The summed E-state index contributed by atoms with van der Waals surface area (Å²) >= 11 is 0. The normalized spacial score (nSPS) is 25.4. The van der Waals surface area contributed by atoms with E-state index in [-0.39, 0.29) is 55.2 Å². The number of fused-ring (bicyclic) bond motifs is 2. The van der Waals surface area contributed by atoms with Crippen molar-refractivity contribution in [3.05, 3.63) is 12.2 Å². The van der Waals surface area contributed by atoms with Crippen molar-refractivity contribution in [3.8, 4) is 0 Å². The molecule has 29 heavy (non-hydrogen) atoms. The third kappa shape index (κ3) is 8.17. The molecule has 2 aliphatic rings. The zero-order chi connectivity index (χ0) is 21.1. The highest BCUT2D eigenvalue weighted by atomic mass is 16.5. The van der Waals surface area contributed by atoms with Crippen molar-refractivity contribution < 1.29 is 24.2 Å². The zero-order valence-corrected chi connectivity index (χ0v) is 17.5. The number of allylic oxidation sites excluding steroid dienone is 2. The third-order valence-electron chi connectivity index (χ3n) is 5.77. The first kappa shape index (κ1) is 23.4. The summed E-state index contributed by atoms with van der Waals surface area (Å²) in [5.74, 6) is -0.680. The van der Waals surface area contributed by atoms with E-state index in [9.17, 15) is 14.4 Å². The molecule has 4 atom stereocenters. The Bertz CT molecular complexity index is 578. The van der Waals surface area contributed by atoms with Crippen LogP contribution >= 0.6 is 0 Å². The molecule has 2 amide bonds. The zero-order valence-electron chi connectivity index (χ0n) is 17.5. The Morgan fingerprint density at radius 2 is 1.76 bits per heavy atom. The number of carboxylic acid groups (broad SMARTS) is 1. The first-order chi connectivity index (χ1) is 14.0. The second kappa shape index (κ2) is 12.6. The summed E-state index contributed by atoms with van der Waals surface area (Å²) in [7, 11) is 0. The molecular formula is C22H36N2O5. The molecule has 0 aromatic heterocycles. The van der Waals surface area contributed by atoms with Crippen LogP contribution in [0.4, 0.5) is 0 Å². The van der Waals surface area contributed by atoms with E-state index in [1.807, 2.05) is 6.08 Å². The van der Waals surface area contributed by atoms with Gasteiger partial charge in [0.25, 0.3) is 0 Å². The van der Waals surface area contributed by atoms with E-state index in [2.05, 4.69) is 23.6 Å². The highest BCUT2D eigenvalue weighted by Gasteiger charge is 2.48. The lowest BCUT2D eigenvalue weighted by Crippen LogP contribution is -2.46. The minimum Gasteiger partial charge on any atom is -0.481 e. The summed E-state index contributed by atoms with van der Waals surface area (Å²) in [6, 6.07) is -0.00228. The first-order valence-corrected chi connectivity index (χ1v) is 11.1. The number of aliphatic carboxylic acids is 1. The summed E-state index contributed by atoms with van der Waals surface area (Å²) in [5, 5.41) is 14.6. The lowest BCUT2D eigenvalue weighted by atomic mass is 9.82. The molecule has 0 aromatic carbocycles. The van der Waals surface area contributed by atoms with Crippen LogP contribution in [0.15, 0.2) is 12.2 Å². The third-order valence-corrected chi connectivity index (χ3v) is 5.77. The van der Waals surface area contributed by atoms with Gasteiger partial charge in [-0.2, -0.15) is 0 Å². The van der Waals surface area contributed by atoms with E-state index in [1.165, 1.54) is 0 Å². The van der Waals surface area contributed by atoms with E-state index in [4.69, 9.17) is 9.84 Å². The maximum absolute atomic E-state index is 12.4. The molecule has 2 aliphatic heterocycles. The van der Waals surface area contributed by atoms with Gasteiger partial charge in [-0.1, -0.05) is 31.9 Å². The number of rotatable bonds is 14. The Kier molecular flexibility index (Phi) is 10.2. The summed E-state index contributed by atoms with van der Waals surface area (Å²) in [6.45, 7) is 2.80. The molecule has 2 fully saturated rings. The Morgan fingerprint density at radius 1 is 1.00 bits per heavy atom. The minimum absolute atomic E-state index is 0.00228. The molecule has 4 unspecified atom stereocenters. The quantitative estimate of drug-likeness (QED) is 0.303. The van der Waals surface area contributed by atoms with Crippen LogP contribution in [0.3, 0.4) is 0 Å². The Balaban J connectivity index is 1.70. The Labute approximate surface area is 173 Å². The molecule has 7 nitrogen and oxygen atoms in total. The number of hydrogen-bond acceptors (Lipinski definition) is 4. The molecule has 2 rings (SSSR count). The van der Waals surface area contributed by atoms with Crippen LogP contribution in [0.1, 0.15) is 77.6 Å². The number of carbonyl (C=O) groups is 3. The van der Waals surface area contributed by atoms with Crippen LogP contribution < -0.4 is 10.6 Å². The molecular weight excluding hydrogens is 372 g/mol. The van der Waals surface area contributed by atoms with Crippen LogP contribution in [-0.2, 0) is 19.1 Å². The smallest absolute Gasteiger partial charge is 0.303 e. The topological polar surface area (TPSA) is 105 Å². The molecule has 164 valence electrons. The largest absolute Gasteiger partial charge is 0.481 e. The molecule has 0 aliphatic carbocycles. The summed E-state index contributed by atoms with van der Waals surface area (Å²) in [5.41, 5.74) is 0. The van der Waals surface area contributed by atoms with Crippen LogP contribution in [0, 0.1) is 5.92 Å². The van der Waals surface area contributed by atoms with Crippen molar-refractivity contribution in [2.75, 3.05) is 6.54 Å². The number of carboxylic acids is 1. The minimum atomic E-state index is -0.766. The molecule has 0 radical (unpaired) electrons. The number of nitrogens with one attached hydrogen (secondary N) is 2. The second-order valence-corrected chi connectivity index (χ2v) is 8.10. The van der Waals surface area contributed by atoms with Gasteiger partial charge in [0.1, 0.15) is 0 Å². The van der Waals surface area contributed by atoms with E-state index in [1.54, 1.807) is 0 Å². The number of hydrogen-bond donors (Lipinski definition) is 3. The van der Waals surface area contributed by atoms with Gasteiger partial charge in [-0.25, -0.2) is 0 Å². The predicted molar refractivity (Wildman–Crippen MR) is 110 cm³/mol. The molecule has 0 saturated carbocycles. The highest BCUT2D eigenvalue weighted by Crippen LogP contribution is 2.41. The summed E-state index contributed by atoms with van der Waals surface area (Å²) in [4.78, 5) is 34.7. The van der Waals surface area contributed by atoms with Gasteiger partial charge in [-0.15, -0.1) is 0 Å². The number of unbranched alkanes of at least 4 members (excludes halogenated alkanes) is 3. The molecule has 0 spiro atoms. The van der Waals surface area contributed by atoms with Gasteiger partial charge < -0.3 is 20.5 Å². The lowest BCUT2D eigenvalue weighted by Gasteiger charge is -2.28. The number of carbonyl (C=O) groups excluding carboxylic acids is 2. The van der Waals surface area contributed by atoms with Crippen molar-refractivity contribution in [1.29, 1.82) is 0 Å². The summed E-state index contributed by atoms with van der Waals surface area (Å²) in [6.07, 6.45) is 12.3. The average Bonchev–Trinajstić information content (AvgIpc) is 3.28. The lowest BCUT2D eigenvalue weighted by molar-refractivity contribution is -0.137. The second-order valence-electron chi connectivity index (χ2n) is 8.10. The van der Waals surface area contributed by atoms with E-state index >= 15 is 0 Å². The SMILES string of the molecule is CCCCCNC(=O)CCC(=O)NC1C2CCC(O2)C1C/C=C/CCCC(=O)O. The van der Waals surface area contributed by atoms with Gasteiger partial charge in [0.2, 0.25) is 11.8 Å². The van der Waals surface area contributed by atoms with Gasteiger partial charge in [0.15, 0.2) is 0 Å². The molecule has 0 aromatic rings. The maximum Gasteiger partial charge on any atom is 0.303 e. The molecule has 2 heterocycles.